The van der Waals surface area contributed by atoms with E-state index in [0.29, 0.717) is 17.7 Å². The number of likely N-dealkylation sites (tertiary alicyclic amines) is 1. The molecule has 8 nitrogen and oxygen atoms in total. The molecule has 2 fully saturated rings. The molecule has 3 heterocycles. The first-order valence-corrected chi connectivity index (χ1v) is 9.50. The van der Waals surface area contributed by atoms with Gasteiger partial charge in [0, 0.05) is 31.6 Å². The van der Waals surface area contributed by atoms with E-state index in [0.717, 1.165) is 50.1 Å². The Labute approximate surface area is 153 Å². The third kappa shape index (κ3) is 3.20. The molecular formula is C18H26N6O2. The highest BCUT2D eigenvalue weighted by atomic mass is 16.5. The van der Waals surface area contributed by atoms with E-state index in [9.17, 15) is 4.79 Å². The Morgan fingerprint density at radius 3 is 2.85 bits per heavy atom. The molecule has 2 aliphatic rings. The molecule has 1 aliphatic heterocycles. The quantitative estimate of drug-likeness (QED) is 0.851. The molecule has 1 amide bonds. The van der Waals surface area contributed by atoms with Crippen LogP contribution in [0.2, 0.25) is 0 Å². The second-order valence-electron chi connectivity index (χ2n) is 7.39. The number of carbonyl (C=O) groups excluding carboxylic acids is 1. The predicted molar refractivity (Wildman–Crippen MR) is 98.1 cm³/mol. The van der Waals surface area contributed by atoms with Gasteiger partial charge in [0.15, 0.2) is 17.0 Å². The molecule has 1 saturated carbocycles. The van der Waals surface area contributed by atoms with Crippen LogP contribution in [0.5, 0.6) is 6.01 Å². The highest BCUT2D eigenvalue weighted by molar-refractivity contribution is 5.84. The number of carbonyl (C=O) groups is 1. The Morgan fingerprint density at radius 1 is 1.35 bits per heavy atom. The summed E-state index contributed by atoms with van der Waals surface area (Å²) in [6, 6.07) is 0.759. The van der Waals surface area contributed by atoms with Crippen molar-refractivity contribution in [3.05, 3.63) is 6.33 Å². The van der Waals surface area contributed by atoms with Crippen LogP contribution < -0.4 is 10.1 Å². The number of nitrogens with one attached hydrogen (secondary N) is 1. The van der Waals surface area contributed by atoms with Crippen LogP contribution in [0.25, 0.3) is 11.2 Å². The van der Waals surface area contributed by atoms with E-state index >= 15 is 0 Å². The third-order valence-electron chi connectivity index (χ3n) is 4.92. The molecule has 0 spiro atoms. The summed E-state index contributed by atoms with van der Waals surface area (Å²) < 4.78 is 7.79. The number of amides is 1. The van der Waals surface area contributed by atoms with Gasteiger partial charge in [-0.25, -0.2) is 9.97 Å². The summed E-state index contributed by atoms with van der Waals surface area (Å²) in [7, 11) is 0. The number of ether oxygens (including phenoxy) is 1. The first kappa shape index (κ1) is 17.1. The summed E-state index contributed by atoms with van der Waals surface area (Å²) in [4.78, 5) is 27.6. The summed E-state index contributed by atoms with van der Waals surface area (Å²) in [6.45, 7) is 8.27. The number of imidazole rings is 1. The molecule has 2 aromatic rings. The summed E-state index contributed by atoms with van der Waals surface area (Å²) >= 11 is 0. The molecule has 2 aromatic heterocycles. The summed E-state index contributed by atoms with van der Waals surface area (Å²) in [6.07, 6.45) is 4.62. The number of aromatic nitrogens is 4. The van der Waals surface area contributed by atoms with Gasteiger partial charge in [0.2, 0.25) is 5.91 Å². The molecule has 4 rings (SSSR count). The maximum atomic E-state index is 12.2. The van der Waals surface area contributed by atoms with Crippen LogP contribution in [0.1, 0.15) is 40.0 Å². The van der Waals surface area contributed by atoms with Gasteiger partial charge in [-0.15, -0.1) is 0 Å². The van der Waals surface area contributed by atoms with E-state index in [1.807, 2.05) is 30.2 Å². The lowest BCUT2D eigenvalue weighted by Gasteiger charge is -2.17. The largest absolute Gasteiger partial charge is 0.462 e. The molecule has 1 aliphatic carbocycles. The number of nitrogens with zero attached hydrogens (tertiary/aromatic N) is 5. The van der Waals surface area contributed by atoms with Crippen LogP contribution in [0, 0.1) is 5.92 Å². The highest BCUT2D eigenvalue weighted by Gasteiger charge is 2.36. The van der Waals surface area contributed by atoms with E-state index in [2.05, 4.69) is 20.3 Å². The highest BCUT2D eigenvalue weighted by Crippen LogP contribution is 2.32. The fourth-order valence-electron chi connectivity index (χ4n) is 3.47. The van der Waals surface area contributed by atoms with Gasteiger partial charge in [0.05, 0.1) is 6.10 Å². The van der Waals surface area contributed by atoms with E-state index in [-0.39, 0.29) is 18.1 Å². The molecule has 1 saturated heterocycles. The van der Waals surface area contributed by atoms with Crippen molar-refractivity contribution in [2.45, 2.75) is 58.7 Å². The van der Waals surface area contributed by atoms with Crippen molar-refractivity contribution < 1.29 is 9.53 Å². The summed E-state index contributed by atoms with van der Waals surface area (Å²) in [5, 5.41) is 3.47. The lowest BCUT2D eigenvalue weighted by Crippen LogP contribution is -2.32. The van der Waals surface area contributed by atoms with Gasteiger partial charge >= 0.3 is 0 Å². The van der Waals surface area contributed by atoms with Crippen molar-refractivity contribution in [2.24, 2.45) is 5.92 Å². The molecule has 1 N–H and O–H groups in total. The Bertz CT molecular complexity index is 813. The Kier molecular flexibility index (Phi) is 4.42. The molecule has 26 heavy (non-hydrogen) atoms. The predicted octanol–water partition coefficient (Wildman–Crippen LogP) is 2.06. The van der Waals surface area contributed by atoms with Gasteiger partial charge < -0.3 is 15.0 Å². The molecule has 8 heteroatoms. The fraction of sp³-hybridized carbons (Fsp3) is 0.667. The van der Waals surface area contributed by atoms with E-state index in [4.69, 9.17) is 4.74 Å². The van der Waals surface area contributed by atoms with Crippen LogP contribution in [-0.4, -0.2) is 55.6 Å². The second kappa shape index (κ2) is 6.74. The summed E-state index contributed by atoms with van der Waals surface area (Å²) in [5.74, 6) is 1.29. The Balaban J connectivity index is 1.55. The van der Waals surface area contributed by atoms with Crippen LogP contribution in [0.3, 0.4) is 0 Å². The molecule has 0 unspecified atom stereocenters. The molecule has 140 valence electrons. The zero-order chi connectivity index (χ0) is 18.3. The van der Waals surface area contributed by atoms with Crippen LogP contribution >= 0.6 is 0 Å². The van der Waals surface area contributed by atoms with Gasteiger partial charge in [-0.3, -0.25) is 9.36 Å². The van der Waals surface area contributed by atoms with Crippen LogP contribution in [-0.2, 0) is 11.3 Å². The van der Waals surface area contributed by atoms with Gasteiger partial charge in [-0.2, -0.15) is 4.98 Å². The van der Waals surface area contributed by atoms with E-state index in [1.165, 1.54) is 0 Å². The van der Waals surface area contributed by atoms with E-state index < -0.39 is 0 Å². The van der Waals surface area contributed by atoms with Gasteiger partial charge in [-0.1, -0.05) is 0 Å². The zero-order valence-electron chi connectivity index (χ0n) is 15.6. The Hall–Kier alpha value is -2.38. The number of aryl methyl sites for hydroxylation is 1. The zero-order valence-corrected chi connectivity index (χ0v) is 15.6. The topological polar surface area (TPSA) is 85.2 Å². The van der Waals surface area contributed by atoms with Crippen molar-refractivity contribution in [3.8, 4) is 6.01 Å². The standard InChI is InChI=1S/C18H26N6O2/c1-4-24-16-14(22-18(24)26-11(2)3)15(19-10-20-16)21-13-7-8-23(9-13)17(25)12-5-6-12/h10-13H,4-9H2,1-3H3,(H,19,20,21)/t13-/m0/s1. The minimum absolute atomic E-state index is 0.0401. The lowest BCUT2D eigenvalue weighted by molar-refractivity contribution is -0.131. The molecule has 0 radical (unpaired) electrons. The number of fused-ring (bicyclic) bond motifs is 1. The minimum Gasteiger partial charge on any atom is -0.462 e. The van der Waals surface area contributed by atoms with Crippen molar-refractivity contribution in [3.63, 3.8) is 0 Å². The summed E-state index contributed by atoms with van der Waals surface area (Å²) in [5.41, 5.74) is 1.49. The molecule has 1 atom stereocenters. The van der Waals surface area contributed by atoms with Crippen molar-refractivity contribution in [1.82, 2.24) is 24.4 Å². The average molecular weight is 358 g/mol. The number of rotatable bonds is 6. The van der Waals surface area contributed by atoms with Crippen LogP contribution in [0.4, 0.5) is 5.82 Å². The van der Waals surface area contributed by atoms with Gasteiger partial charge in [0.1, 0.15) is 6.33 Å². The number of anilines is 1. The average Bonchev–Trinajstić information content (AvgIpc) is 3.25. The first-order chi connectivity index (χ1) is 12.6. The van der Waals surface area contributed by atoms with Crippen LogP contribution in [0.15, 0.2) is 6.33 Å². The monoisotopic (exact) mass is 358 g/mol. The van der Waals surface area contributed by atoms with E-state index in [1.54, 1.807) is 6.33 Å². The maximum absolute atomic E-state index is 12.2. The lowest BCUT2D eigenvalue weighted by atomic mass is 10.2. The fourth-order valence-corrected chi connectivity index (χ4v) is 3.47. The maximum Gasteiger partial charge on any atom is 0.298 e. The van der Waals surface area contributed by atoms with Gasteiger partial charge in [-0.05, 0) is 40.0 Å². The second-order valence-corrected chi connectivity index (χ2v) is 7.39. The minimum atomic E-state index is 0.0401. The van der Waals surface area contributed by atoms with Crippen molar-refractivity contribution in [1.29, 1.82) is 0 Å². The van der Waals surface area contributed by atoms with Gasteiger partial charge in [0.25, 0.3) is 6.01 Å². The van der Waals surface area contributed by atoms with Crippen molar-refractivity contribution >= 4 is 22.9 Å². The third-order valence-corrected chi connectivity index (χ3v) is 4.92. The molecule has 0 aromatic carbocycles. The molecule has 0 bridgehead atoms. The number of hydrogen-bond acceptors (Lipinski definition) is 6. The number of hydrogen-bond donors (Lipinski definition) is 1. The Morgan fingerprint density at radius 2 is 2.15 bits per heavy atom. The molecular weight excluding hydrogens is 332 g/mol. The first-order valence-electron chi connectivity index (χ1n) is 9.50. The van der Waals surface area contributed by atoms with Crippen molar-refractivity contribution in [2.75, 3.05) is 18.4 Å². The smallest absolute Gasteiger partial charge is 0.298 e. The normalized spacial score (nSPS) is 20.2. The SMILES string of the molecule is CCn1c(OC(C)C)nc2c(N[C@H]3CCN(C(=O)C4CC4)C3)ncnc21.